The maximum atomic E-state index is 15.6. The summed E-state index contributed by atoms with van der Waals surface area (Å²) in [5.41, 5.74) is 3.46. The van der Waals surface area contributed by atoms with Gasteiger partial charge in [-0.15, -0.1) is 0 Å². The molecule has 1 spiro atoms. The Kier molecular flexibility index (Phi) is 7.95. The summed E-state index contributed by atoms with van der Waals surface area (Å²) in [7, 11) is 0. The summed E-state index contributed by atoms with van der Waals surface area (Å²) in [6.45, 7) is 5.06. The molecule has 1 aromatic heterocycles. The van der Waals surface area contributed by atoms with Gasteiger partial charge in [0.25, 0.3) is 0 Å². The van der Waals surface area contributed by atoms with Crippen LogP contribution in [0, 0.1) is 17.7 Å². The highest BCUT2D eigenvalue weighted by molar-refractivity contribution is 6.30. The van der Waals surface area contributed by atoms with Crippen LogP contribution in [-0.2, 0) is 23.1 Å². The minimum absolute atomic E-state index is 0.165. The molecule has 7 heteroatoms. The van der Waals surface area contributed by atoms with Crippen molar-refractivity contribution in [1.29, 1.82) is 0 Å². The number of halogens is 2. The van der Waals surface area contributed by atoms with Gasteiger partial charge < -0.3 is 15.2 Å². The van der Waals surface area contributed by atoms with Crippen LogP contribution in [0.25, 0.3) is 0 Å². The number of carboxylic acid groups (broad SMARTS) is 1. The molecule has 2 N–H and O–H groups in total. The summed E-state index contributed by atoms with van der Waals surface area (Å²) < 4.78 is 22.0. The number of rotatable bonds is 8. The normalized spacial score (nSPS) is 27.2. The van der Waals surface area contributed by atoms with Gasteiger partial charge in [-0.2, -0.15) is 0 Å². The number of benzene rings is 2. The van der Waals surface area contributed by atoms with E-state index in [0.29, 0.717) is 48.9 Å². The monoisotopic (exact) mass is 590 g/mol. The van der Waals surface area contributed by atoms with E-state index in [-0.39, 0.29) is 17.7 Å². The molecule has 0 bridgehead atoms. The molecular formula is C35H40ClFN2O3. The number of aliphatic carboxylic acids is 1. The van der Waals surface area contributed by atoms with E-state index in [9.17, 15) is 9.90 Å². The first kappa shape index (κ1) is 29.0. The van der Waals surface area contributed by atoms with Crippen molar-refractivity contribution in [2.75, 3.05) is 11.9 Å². The Morgan fingerprint density at radius 2 is 1.98 bits per heavy atom. The number of ether oxygens (including phenoxy) is 1. The zero-order chi connectivity index (χ0) is 29.5. The van der Waals surface area contributed by atoms with Gasteiger partial charge in [0.15, 0.2) is 0 Å². The highest BCUT2D eigenvalue weighted by Gasteiger charge is 2.55. The van der Waals surface area contributed by atoms with Gasteiger partial charge in [-0.1, -0.05) is 43.6 Å². The fourth-order valence-corrected chi connectivity index (χ4v) is 8.33. The van der Waals surface area contributed by atoms with Crippen LogP contribution in [0.5, 0.6) is 5.75 Å². The van der Waals surface area contributed by atoms with Crippen molar-refractivity contribution in [3.63, 3.8) is 0 Å². The molecule has 0 aliphatic heterocycles. The third-order valence-corrected chi connectivity index (χ3v) is 10.5. The van der Waals surface area contributed by atoms with Crippen LogP contribution >= 0.6 is 11.6 Å². The molecule has 0 saturated heterocycles. The zero-order valence-corrected chi connectivity index (χ0v) is 25.2. The molecule has 1 fully saturated rings. The lowest BCUT2D eigenvalue weighted by atomic mass is 9.59. The number of nitrogens with zero attached hydrogens (tertiary/aromatic N) is 1. The number of hydrogen-bond acceptors (Lipinski definition) is 4. The van der Waals surface area contributed by atoms with E-state index in [2.05, 4.69) is 30.2 Å². The van der Waals surface area contributed by atoms with E-state index >= 15 is 4.39 Å². The van der Waals surface area contributed by atoms with Crippen LogP contribution in [0.4, 0.5) is 10.1 Å². The minimum Gasteiger partial charge on any atom is -0.493 e. The Morgan fingerprint density at radius 1 is 1.19 bits per heavy atom. The van der Waals surface area contributed by atoms with Gasteiger partial charge in [0.2, 0.25) is 0 Å². The Hall–Kier alpha value is -3.12. The second-order valence-corrected chi connectivity index (χ2v) is 13.4. The lowest BCUT2D eigenvalue weighted by Gasteiger charge is -2.47. The molecule has 0 radical (unpaired) electrons. The minimum atomic E-state index is -1.12. The second kappa shape index (κ2) is 11.5. The van der Waals surface area contributed by atoms with Crippen LogP contribution in [-0.4, -0.2) is 28.2 Å². The summed E-state index contributed by atoms with van der Waals surface area (Å²) in [5, 5.41) is 14.3. The number of aromatic nitrogens is 1. The van der Waals surface area contributed by atoms with E-state index < -0.39 is 16.9 Å². The summed E-state index contributed by atoms with van der Waals surface area (Å²) in [5.74, 6) is 0.819. The Balaban J connectivity index is 1.21. The molecule has 0 unspecified atom stereocenters. The molecule has 3 aromatic rings. The Morgan fingerprint density at radius 3 is 2.74 bits per heavy atom. The van der Waals surface area contributed by atoms with Crippen LogP contribution in [0.3, 0.4) is 0 Å². The van der Waals surface area contributed by atoms with Crippen molar-refractivity contribution in [2.24, 2.45) is 11.8 Å². The fourth-order valence-electron chi connectivity index (χ4n) is 8.14. The van der Waals surface area contributed by atoms with Gasteiger partial charge in [0, 0.05) is 33.6 Å². The number of nitrogens with one attached hydrogen (secondary N) is 1. The molecule has 3 aliphatic carbocycles. The van der Waals surface area contributed by atoms with Gasteiger partial charge in [-0.05, 0) is 117 Å². The summed E-state index contributed by atoms with van der Waals surface area (Å²) in [4.78, 5) is 17.3. The van der Waals surface area contributed by atoms with E-state index in [4.69, 9.17) is 16.3 Å². The van der Waals surface area contributed by atoms with Crippen LogP contribution in [0.1, 0.15) is 87.1 Å². The van der Waals surface area contributed by atoms with Crippen LogP contribution in [0.15, 0.2) is 54.7 Å². The van der Waals surface area contributed by atoms with Crippen molar-refractivity contribution in [2.45, 2.75) is 88.5 Å². The highest BCUT2D eigenvalue weighted by atomic mass is 35.5. The van der Waals surface area contributed by atoms with Gasteiger partial charge in [0.1, 0.15) is 17.1 Å². The lowest BCUT2D eigenvalue weighted by molar-refractivity contribution is -0.144. The number of aryl methyl sites for hydroxylation is 1. The number of hydrogen-bond donors (Lipinski definition) is 2. The molecule has 2 aromatic carbocycles. The van der Waals surface area contributed by atoms with Crippen molar-refractivity contribution >= 4 is 23.3 Å². The quantitative estimate of drug-likeness (QED) is 0.276. The maximum absolute atomic E-state index is 15.6. The average molecular weight is 591 g/mol. The Labute approximate surface area is 252 Å². The third kappa shape index (κ3) is 5.27. The van der Waals surface area contributed by atoms with Crippen LogP contribution < -0.4 is 10.1 Å². The predicted octanol–water partition coefficient (Wildman–Crippen LogP) is 8.34. The predicted molar refractivity (Wildman–Crippen MR) is 164 cm³/mol. The molecule has 1 saturated carbocycles. The van der Waals surface area contributed by atoms with Crippen molar-refractivity contribution < 1.29 is 19.0 Å². The number of anilines is 1. The maximum Gasteiger partial charge on any atom is 0.329 e. The first-order valence-corrected chi connectivity index (χ1v) is 15.7. The molecule has 3 aliphatic rings. The van der Waals surface area contributed by atoms with Gasteiger partial charge in [-0.3, -0.25) is 4.98 Å². The van der Waals surface area contributed by atoms with E-state index in [1.165, 1.54) is 12.0 Å². The van der Waals surface area contributed by atoms with Crippen molar-refractivity contribution in [3.05, 3.63) is 88.0 Å². The second-order valence-electron chi connectivity index (χ2n) is 13.0. The topological polar surface area (TPSA) is 71.5 Å². The largest absolute Gasteiger partial charge is 0.493 e. The summed E-state index contributed by atoms with van der Waals surface area (Å²) >= 11 is 6.19. The number of pyridine rings is 1. The van der Waals surface area contributed by atoms with Gasteiger partial charge in [0.05, 0.1) is 6.61 Å². The standard InChI is InChI=1S/C35H40ClFN2O3/c1-22(21-42-30-12-17-38-29-11-3-6-23(2)31(29)30)18-25-19-24-7-4-10-28(37)32(24)34(25)13-15-35(16-14-34,33(40)41)39-27-9-5-8-26(36)20-27/h4-5,7-10,12,17,20,22-23,25,39H,3,6,11,13-16,18-19,21H2,1-2H3,(H,40,41)/t22-,23+,25+,34?,35?/m1/s1. The summed E-state index contributed by atoms with van der Waals surface area (Å²) in [6, 6.07) is 14.6. The number of fused-ring (bicyclic) bond motifs is 3. The van der Waals surface area contributed by atoms with E-state index in [1.807, 2.05) is 24.4 Å². The SMILES string of the molecule is C[C@@H](COc1ccnc2c1[C@@H](C)CCC2)C[C@H]1Cc2cccc(F)c2C12CCC(Nc1cccc(Cl)c1)(C(=O)O)CC2. The zero-order valence-electron chi connectivity index (χ0n) is 24.5. The first-order chi connectivity index (χ1) is 20.2. The van der Waals surface area contributed by atoms with Crippen molar-refractivity contribution in [3.8, 4) is 5.75 Å². The first-order valence-electron chi connectivity index (χ1n) is 15.4. The highest BCUT2D eigenvalue weighted by Crippen LogP contribution is 2.56. The Bertz CT molecular complexity index is 1470. The molecule has 222 valence electrons. The van der Waals surface area contributed by atoms with Gasteiger partial charge >= 0.3 is 5.97 Å². The third-order valence-electron chi connectivity index (χ3n) is 10.2. The molecule has 6 rings (SSSR count). The number of carbonyl (C=O) groups is 1. The summed E-state index contributed by atoms with van der Waals surface area (Å²) in [6.07, 6.45) is 8.91. The molecule has 3 atom stereocenters. The molecule has 42 heavy (non-hydrogen) atoms. The van der Waals surface area contributed by atoms with E-state index in [0.717, 1.165) is 48.3 Å². The molecule has 1 heterocycles. The van der Waals surface area contributed by atoms with Crippen molar-refractivity contribution in [1.82, 2.24) is 4.98 Å². The number of carboxylic acids is 1. The van der Waals surface area contributed by atoms with E-state index in [1.54, 1.807) is 24.3 Å². The fraction of sp³-hybridized carbons (Fsp3) is 0.486. The average Bonchev–Trinajstić information content (AvgIpc) is 3.26. The van der Waals surface area contributed by atoms with Gasteiger partial charge in [-0.25, -0.2) is 9.18 Å². The van der Waals surface area contributed by atoms with Crippen LogP contribution in [0.2, 0.25) is 5.02 Å². The molecule has 0 amide bonds. The smallest absolute Gasteiger partial charge is 0.329 e. The lowest BCUT2D eigenvalue weighted by Crippen LogP contribution is -2.53. The molecular weight excluding hydrogens is 551 g/mol. The molecule has 5 nitrogen and oxygen atoms in total.